The molecule has 3 aliphatic heterocycles. The number of likely N-dealkylation sites (N-methyl/N-ethyl adjacent to an activating group) is 2. The van der Waals surface area contributed by atoms with Crippen LogP contribution in [0.2, 0.25) is 0 Å². The molecule has 0 unspecified atom stereocenters. The van der Waals surface area contributed by atoms with E-state index < -0.39 is 127 Å². The average Bonchev–Trinajstić information content (AvgIpc) is 3.84. The Morgan fingerprint density at radius 1 is 0.987 bits per heavy atom. The Balaban J connectivity index is 1.42. The molecule has 20 atom stereocenters. The van der Waals surface area contributed by atoms with E-state index in [1.54, 1.807) is 73.5 Å². The van der Waals surface area contributed by atoms with Gasteiger partial charge in [0.1, 0.15) is 48.8 Å². The molecule has 75 heavy (non-hydrogen) atoms. The highest BCUT2D eigenvalue weighted by molar-refractivity contribution is 8.03. The summed E-state index contributed by atoms with van der Waals surface area (Å²) in [5.41, 5.74) is -3.03. The zero-order valence-electron chi connectivity index (χ0n) is 47.1. The lowest BCUT2D eigenvalue weighted by Gasteiger charge is -2.49. The van der Waals surface area contributed by atoms with Crippen molar-refractivity contribution in [1.82, 2.24) is 24.8 Å². The fourth-order valence-electron chi connectivity index (χ4n) is 11.8. The zero-order chi connectivity index (χ0) is 55.7. The lowest BCUT2D eigenvalue weighted by atomic mass is 9.77. The van der Waals surface area contributed by atoms with Gasteiger partial charge in [-0.25, -0.2) is 9.07 Å². The van der Waals surface area contributed by atoms with Crippen molar-refractivity contribution in [2.45, 2.75) is 223 Å². The van der Waals surface area contributed by atoms with E-state index >= 15 is 0 Å². The minimum Gasteiger partial charge on any atom is -0.459 e. The summed E-state index contributed by atoms with van der Waals surface area (Å²) in [4.78, 5) is 19.6. The lowest BCUT2D eigenvalue weighted by Crippen LogP contribution is -2.61. The van der Waals surface area contributed by atoms with Crippen molar-refractivity contribution in [3.8, 4) is 0 Å². The first-order valence-electron chi connectivity index (χ1n) is 27.1. The minimum atomic E-state index is -1.85. The second kappa shape index (κ2) is 27.8. The van der Waals surface area contributed by atoms with Gasteiger partial charge in [0.2, 0.25) is 0 Å². The van der Waals surface area contributed by atoms with Crippen LogP contribution in [0.5, 0.6) is 0 Å². The Labute approximate surface area is 449 Å². The maximum Gasteiger partial charge on any atom is 0.311 e. The van der Waals surface area contributed by atoms with Crippen LogP contribution in [-0.2, 0) is 44.4 Å². The van der Waals surface area contributed by atoms with Crippen molar-refractivity contribution in [1.29, 1.82) is 0 Å². The standard InChI is InChI=1S/C54H93F2N5O13S/c1-15-42-54(10,67)47(63)35(6)60(12)29-31(2)26-52(8,66)49(33(4)45(34(5)50(65)72-42)73-43-27-53(9,69-14)48(64)36(7)71-43)74-51-44(62)40(25-32(3)70-51)59(11)23-21-38-30-61(58-57-38)41(28-56)46(68-13)37-17-19-39(20-18-37)75-24-16-22-55/h17,19,30-36,40-49,51,62-64,66-67H,15-16,18,20-29H2,1-14H3/t31-,32-,33+,34-,35-,36+,40+,41-,42-,43+,44-,45+,46-,47-,48+,49-,51+,52-,53-,54-/m1/s1. The third kappa shape index (κ3) is 15.6. The van der Waals surface area contributed by atoms with Gasteiger partial charge in [0.15, 0.2) is 12.6 Å². The van der Waals surface area contributed by atoms with Crippen LogP contribution < -0.4 is 0 Å². The van der Waals surface area contributed by atoms with E-state index in [4.69, 9.17) is 33.2 Å². The number of cyclic esters (lactones) is 1. The van der Waals surface area contributed by atoms with Gasteiger partial charge in [0.25, 0.3) is 0 Å². The fourth-order valence-corrected chi connectivity index (χ4v) is 12.7. The highest BCUT2D eigenvalue weighted by Crippen LogP contribution is 2.41. The van der Waals surface area contributed by atoms with Crippen molar-refractivity contribution in [2.75, 3.05) is 60.5 Å². The normalized spacial score (nSPS) is 40.0. The number of allylic oxidation sites excluding steroid dienone is 3. The number of esters is 1. The third-order valence-electron chi connectivity index (χ3n) is 16.6. The first-order chi connectivity index (χ1) is 35.3. The molecule has 3 fully saturated rings. The van der Waals surface area contributed by atoms with E-state index in [1.165, 1.54) is 18.7 Å². The van der Waals surface area contributed by atoms with E-state index in [0.29, 0.717) is 50.2 Å². The molecule has 0 radical (unpaired) electrons. The van der Waals surface area contributed by atoms with Gasteiger partial charge < -0.3 is 68.5 Å². The number of thioether (sulfide) groups is 1. The molecule has 0 amide bonds. The molecule has 0 aromatic carbocycles. The van der Waals surface area contributed by atoms with Crippen molar-refractivity contribution in [2.24, 2.45) is 17.8 Å². The van der Waals surface area contributed by atoms with Crippen LogP contribution in [0.1, 0.15) is 126 Å². The van der Waals surface area contributed by atoms with Crippen LogP contribution in [-0.4, -0.2) is 213 Å². The van der Waals surface area contributed by atoms with Gasteiger partial charge in [-0.15, -0.1) is 16.9 Å². The third-order valence-corrected chi connectivity index (χ3v) is 17.8. The number of halogens is 2. The second-order valence-electron chi connectivity index (χ2n) is 22.8. The highest BCUT2D eigenvalue weighted by atomic mass is 32.2. The number of nitrogens with zero attached hydrogens (tertiary/aromatic N) is 5. The molecule has 1 aromatic heterocycles. The molecular formula is C54H93F2N5O13S. The van der Waals surface area contributed by atoms with Gasteiger partial charge in [-0.2, -0.15) is 0 Å². The van der Waals surface area contributed by atoms with E-state index in [0.717, 1.165) is 16.9 Å². The molecule has 0 saturated carbocycles. The van der Waals surface area contributed by atoms with Crippen LogP contribution in [0.25, 0.3) is 0 Å². The van der Waals surface area contributed by atoms with Crippen LogP contribution in [0.4, 0.5) is 8.78 Å². The van der Waals surface area contributed by atoms with Crippen molar-refractivity contribution < 1.29 is 72.3 Å². The maximum absolute atomic E-state index is 14.9. The summed E-state index contributed by atoms with van der Waals surface area (Å²) >= 11 is 1.64. The number of carbonyl (C=O) groups is 1. The summed E-state index contributed by atoms with van der Waals surface area (Å²) in [7, 11) is 6.76. The Morgan fingerprint density at radius 3 is 2.31 bits per heavy atom. The molecule has 18 nitrogen and oxygen atoms in total. The summed E-state index contributed by atoms with van der Waals surface area (Å²) in [5, 5.41) is 68.6. The maximum atomic E-state index is 14.9. The largest absolute Gasteiger partial charge is 0.459 e. The van der Waals surface area contributed by atoms with E-state index in [1.807, 2.05) is 49.9 Å². The molecule has 5 rings (SSSR count). The van der Waals surface area contributed by atoms with E-state index in [-0.39, 0.29) is 31.9 Å². The first kappa shape index (κ1) is 63.6. The summed E-state index contributed by atoms with van der Waals surface area (Å²) in [5.74, 6) is -2.17. The zero-order valence-corrected chi connectivity index (χ0v) is 48.0. The highest BCUT2D eigenvalue weighted by Gasteiger charge is 2.53. The van der Waals surface area contributed by atoms with Crippen LogP contribution in [0.3, 0.4) is 0 Å². The van der Waals surface area contributed by atoms with Crippen LogP contribution >= 0.6 is 11.8 Å². The SMILES string of the molecule is CC[C@H]1OC(=O)[C@H](C)[C@@H](O[C@H]2C[C@@](C)(OC)[C@@H](O)[C@H](C)O2)[C@H](C)[C@@H](O[C@@H]2O[C@H](C)C[C@H](N(C)CCc3cn([C@H](CF)[C@H](OC)C4=CC=C(SCCCF)CC4)nn3)[C@H]2O)[C@](C)(O)C[C@@H](C)CN(C)[C@H](C)[C@@H](O)[C@]1(C)O. The Kier molecular flexibility index (Phi) is 23.6. The molecule has 4 heterocycles. The quantitative estimate of drug-likeness (QED) is 0.0874. The molecule has 432 valence electrons. The predicted octanol–water partition coefficient (Wildman–Crippen LogP) is 5.33. The number of rotatable bonds is 19. The summed E-state index contributed by atoms with van der Waals surface area (Å²) in [6.45, 7) is 17.2. The molecule has 5 N–H and O–H groups in total. The number of alkyl halides is 2. The Bertz CT molecular complexity index is 2000. The summed E-state index contributed by atoms with van der Waals surface area (Å²) < 4.78 is 73.2. The molecule has 21 heteroatoms. The topological polar surface area (TPSA) is 220 Å². The average molecular weight is 1090 g/mol. The number of aliphatic hydroxyl groups is 5. The molecule has 3 saturated heterocycles. The smallest absolute Gasteiger partial charge is 0.311 e. The molecular weight excluding hydrogens is 997 g/mol. The van der Waals surface area contributed by atoms with Gasteiger partial charge in [0, 0.05) is 70.1 Å². The molecule has 0 bridgehead atoms. The van der Waals surface area contributed by atoms with Gasteiger partial charge in [0.05, 0.1) is 53.9 Å². The number of hydrogen-bond donors (Lipinski definition) is 5. The Morgan fingerprint density at radius 2 is 1.69 bits per heavy atom. The number of methoxy groups -OCH3 is 2. The number of ether oxygens (including phenoxy) is 7. The fraction of sp³-hybridized carbons (Fsp3) is 0.870. The molecule has 0 spiro atoms. The molecule has 1 aromatic rings. The minimum absolute atomic E-state index is 0.0826. The van der Waals surface area contributed by atoms with Crippen LogP contribution in [0, 0.1) is 17.8 Å². The van der Waals surface area contributed by atoms with Gasteiger partial charge in [-0.3, -0.25) is 9.18 Å². The monoisotopic (exact) mass is 1090 g/mol. The van der Waals surface area contributed by atoms with Gasteiger partial charge in [-0.05, 0) is 117 Å². The Hall–Kier alpha value is -2.22. The van der Waals surface area contributed by atoms with Gasteiger partial charge in [-0.1, -0.05) is 38.1 Å². The second-order valence-corrected chi connectivity index (χ2v) is 24.0. The van der Waals surface area contributed by atoms with Crippen molar-refractivity contribution in [3.63, 3.8) is 0 Å². The molecule has 1 aliphatic carbocycles. The first-order valence-corrected chi connectivity index (χ1v) is 28.1. The van der Waals surface area contributed by atoms with Crippen LogP contribution in [0.15, 0.2) is 28.8 Å². The summed E-state index contributed by atoms with van der Waals surface area (Å²) in [6, 6.07) is -1.83. The van der Waals surface area contributed by atoms with E-state index in [2.05, 4.69) is 10.3 Å². The van der Waals surface area contributed by atoms with E-state index in [9.17, 15) is 39.1 Å². The van der Waals surface area contributed by atoms with Crippen molar-refractivity contribution in [3.05, 3.63) is 34.5 Å². The number of aliphatic hydroxyl groups excluding tert-OH is 3. The molecule has 4 aliphatic rings. The lowest BCUT2D eigenvalue weighted by molar-refractivity contribution is -0.318. The summed E-state index contributed by atoms with van der Waals surface area (Å²) in [6.07, 6.45) is -1.97. The number of carbonyl (C=O) groups excluding carboxylic acids is 1. The van der Waals surface area contributed by atoms with Crippen molar-refractivity contribution >= 4 is 17.7 Å². The van der Waals surface area contributed by atoms with Gasteiger partial charge >= 0.3 is 5.97 Å². The predicted molar refractivity (Wildman–Crippen MR) is 281 cm³/mol. The number of aromatic nitrogens is 3. The number of hydrogen-bond acceptors (Lipinski definition) is 18.